The summed E-state index contributed by atoms with van der Waals surface area (Å²) < 4.78 is 5.15. The van der Waals surface area contributed by atoms with E-state index in [2.05, 4.69) is 0 Å². The van der Waals surface area contributed by atoms with Gasteiger partial charge in [-0.2, -0.15) is 0 Å². The Morgan fingerprint density at radius 2 is 2.55 bits per heavy atom. The highest BCUT2D eigenvalue weighted by Gasteiger charge is 2.08. The minimum Gasteiger partial charge on any atom is -0.491 e. The van der Waals surface area contributed by atoms with Crippen molar-refractivity contribution in [3.8, 4) is 0 Å². The first-order valence-corrected chi connectivity index (χ1v) is 3.56. The summed E-state index contributed by atoms with van der Waals surface area (Å²) in [5, 5.41) is 7.47. The second-order valence-electron chi connectivity index (χ2n) is 2.51. The van der Waals surface area contributed by atoms with Gasteiger partial charge < -0.3 is 10.5 Å². The molecule has 0 radical (unpaired) electrons. The summed E-state index contributed by atoms with van der Waals surface area (Å²) in [6, 6.07) is 0. The van der Waals surface area contributed by atoms with Crippen LogP contribution in [0.25, 0.3) is 0 Å². The first-order chi connectivity index (χ1) is 5.20. The van der Waals surface area contributed by atoms with Crippen LogP contribution in [0.15, 0.2) is 23.6 Å². The zero-order chi connectivity index (χ0) is 8.27. The van der Waals surface area contributed by atoms with Gasteiger partial charge in [0.25, 0.3) is 0 Å². The van der Waals surface area contributed by atoms with Crippen LogP contribution in [0.5, 0.6) is 0 Å². The highest BCUT2D eigenvalue weighted by atomic mass is 16.5. The van der Waals surface area contributed by atoms with Crippen molar-refractivity contribution in [3.05, 3.63) is 23.6 Å². The van der Waals surface area contributed by atoms with Crippen LogP contribution in [0.4, 0.5) is 0 Å². The fraction of sp³-hybridized carbons (Fsp3) is 0.375. The van der Waals surface area contributed by atoms with E-state index in [-0.39, 0.29) is 0 Å². The molecule has 0 fully saturated rings. The molecule has 0 aliphatic carbocycles. The maximum absolute atomic E-state index is 7.47. The molecule has 0 unspecified atom stereocenters. The van der Waals surface area contributed by atoms with Gasteiger partial charge in [0, 0.05) is 12.1 Å². The number of ether oxygens (including phenoxy) is 1. The van der Waals surface area contributed by atoms with Crippen LogP contribution >= 0.6 is 0 Å². The molecule has 0 saturated heterocycles. The van der Waals surface area contributed by atoms with Gasteiger partial charge in [0.15, 0.2) is 0 Å². The lowest BCUT2D eigenvalue weighted by atomic mass is 10.2. The molecule has 60 valence electrons. The maximum Gasteiger partial charge on any atom is 0.140 e. The maximum atomic E-state index is 7.47. The van der Waals surface area contributed by atoms with Crippen molar-refractivity contribution in [2.75, 3.05) is 6.61 Å². The normalized spacial score (nSPS) is 17.5. The Bertz CT molecular complexity index is 224. The van der Waals surface area contributed by atoms with E-state index < -0.39 is 0 Å². The molecule has 3 N–H and O–H groups in total. The molecule has 0 atom stereocenters. The highest BCUT2D eigenvalue weighted by molar-refractivity contribution is 6.05. The van der Waals surface area contributed by atoms with Crippen molar-refractivity contribution in [3.63, 3.8) is 0 Å². The molecule has 1 aliphatic heterocycles. The number of allylic oxidation sites excluding steroid dienone is 2. The van der Waals surface area contributed by atoms with Gasteiger partial charge in [0.05, 0.1) is 12.3 Å². The molecule has 0 aromatic heterocycles. The monoisotopic (exact) mass is 152 g/mol. The van der Waals surface area contributed by atoms with E-state index in [1.807, 2.05) is 6.08 Å². The molecule has 0 bridgehead atoms. The van der Waals surface area contributed by atoms with Crippen molar-refractivity contribution in [1.82, 2.24) is 0 Å². The third kappa shape index (κ3) is 2.11. The second-order valence-corrected chi connectivity index (χ2v) is 2.51. The number of nitrogens with two attached hydrogens (primary N) is 1. The lowest BCUT2D eigenvalue weighted by molar-refractivity contribution is 0.263. The predicted octanol–water partition coefficient (Wildman–Crippen LogP) is 1.17. The smallest absolute Gasteiger partial charge is 0.140 e. The number of hydrogen-bond donors (Lipinski definition) is 2. The van der Waals surface area contributed by atoms with Gasteiger partial charge in [0.1, 0.15) is 5.76 Å². The van der Waals surface area contributed by atoms with Crippen molar-refractivity contribution < 1.29 is 4.74 Å². The quantitative estimate of drug-likeness (QED) is 0.583. The second kappa shape index (κ2) is 3.23. The summed E-state index contributed by atoms with van der Waals surface area (Å²) >= 11 is 0. The summed E-state index contributed by atoms with van der Waals surface area (Å²) in [5.41, 5.74) is 6.39. The van der Waals surface area contributed by atoms with Crippen LogP contribution in [-0.4, -0.2) is 12.3 Å². The molecule has 1 rings (SSSR count). The van der Waals surface area contributed by atoms with Crippen molar-refractivity contribution in [1.29, 1.82) is 5.41 Å². The Labute approximate surface area is 66.0 Å². The summed E-state index contributed by atoms with van der Waals surface area (Å²) in [7, 11) is 0. The van der Waals surface area contributed by atoms with Crippen molar-refractivity contribution in [2.24, 2.45) is 5.73 Å². The average molecular weight is 152 g/mol. The van der Waals surface area contributed by atoms with E-state index in [0.717, 1.165) is 6.42 Å². The van der Waals surface area contributed by atoms with Crippen LogP contribution < -0.4 is 5.73 Å². The first kappa shape index (κ1) is 7.85. The summed E-state index contributed by atoms with van der Waals surface area (Å²) in [6.07, 6.45) is 4.40. The fourth-order valence-electron chi connectivity index (χ4n) is 0.904. The molecule has 11 heavy (non-hydrogen) atoms. The zero-order valence-electron chi connectivity index (χ0n) is 6.55. The largest absolute Gasteiger partial charge is 0.491 e. The number of nitrogens with one attached hydrogen (secondary N) is 1. The average Bonchev–Trinajstić information content (AvgIpc) is 2.35. The van der Waals surface area contributed by atoms with E-state index in [9.17, 15) is 0 Å². The predicted molar refractivity (Wildman–Crippen MR) is 44.3 cm³/mol. The molecule has 3 heteroatoms. The summed E-state index contributed by atoms with van der Waals surface area (Å²) in [6.45, 7) is 2.44. The molecule has 0 amide bonds. The van der Waals surface area contributed by atoms with Gasteiger partial charge in [-0.3, -0.25) is 5.41 Å². The molecule has 0 aromatic rings. The number of rotatable bonds is 2. The topological polar surface area (TPSA) is 59.1 Å². The van der Waals surface area contributed by atoms with Crippen LogP contribution in [0.3, 0.4) is 0 Å². The Morgan fingerprint density at radius 1 is 1.82 bits per heavy atom. The molecule has 0 spiro atoms. The van der Waals surface area contributed by atoms with Gasteiger partial charge >= 0.3 is 0 Å². The zero-order valence-corrected chi connectivity index (χ0v) is 6.55. The van der Waals surface area contributed by atoms with Crippen LogP contribution in [0.1, 0.15) is 13.3 Å². The van der Waals surface area contributed by atoms with Gasteiger partial charge in [0.2, 0.25) is 0 Å². The molecule has 1 aliphatic rings. The third-order valence-corrected chi connectivity index (χ3v) is 1.34. The highest BCUT2D eigenvalue weighted by Crippen LogP contribution is 2.10. The third-order valence-electron chi connectivity index (χ3n) is 1.34. The fourth-order valence-corrected chi connectivity index (χ4v) is 0.904. The lowest BCUT2D eigenvalue weighted by Gasteiger charge is -2.00. The van der Waals surface area contributed by atoms with E-state index in [1.54, 1.807) is 13.0 Å². The van der Waals surface area contributed by atoms with E-state index in [1.165, 1.54) is 0 Å². The van der Waals surface area contributed by atoms with Gasteiger partial charge in [-0.15, -0.1) is 0 Å². The van der Waals surface area contributed by atoms with Crippen LogP contribution in [0, 0.1) is 5.41 Å². The molecule has 1 heterocycles. The Hall–Kier alpha value is -1.25. The number of hydrogen-bond acceptors (Lipinski definition) is 3. The molecule has 3 nitrogen and oxygen atoms in total. The Morgan fingerprint density at radius 3 is 3.00 bits per heavy atom. The van der Waals surface area contributed by atoms with Crippen LogP contribution in [0.2, 0.25) is 0 Å². The Kier molecular flexibility index (Phi) is 2.31. The van der Waals surface area contributed by atoms with E-state index >= 15 is 0 Å². The minimum absolute atomic E-state index is 0.363. The van der Waals surface area contributed by atoms with Gasteiger partial charge in [-0.1, -0.05) is 0 Å². The molecule has 0 aromatic carbocycles. The summed E-state index contributed by atoms with van der Waals surface area (Å²) in [5.74, 6) is 0.648. The minimum atomic E-state index is 0.363. The molecular formula is C8H12N2O. The van der Waals surface area contributed by atoms with Crippen molar-refractivity contribution >= 4 is 5.71 Å². The molecule has 0 saturated carbocycles. The van der Waals surface area contributed by atoms with E-state index in [4.69, 9.17) is 15.9 Å². The first-order valence-electron chi connectivity index (χ1n) is 3.56. The van der Waals surface area contributed by atoms with Gasteiger partial charge in [-0.05, 0) is 19.1 Å². The lowest BCUT2D eigenvalue weighted by Crippen LogP contribution is -2.02. The van der Waals surface area contributed by atoms with Gasteiger partial charge in [-0.25, -0.2) is 0 Å². The van der Waals surface area contributed by atoms with Crippen LogP contribution in [-0.2, 0) is 4.74 Å². The van der Waals surface area contributed by atoms with Crippen molar-refractivity contribution in [2.45, 2.75) is 13.3 Å². The Balaban J connectivity index is 2.61. The molecular weight excluding hydrogens is 140 g/mol. The standard InChI is InChI=1S/C8H12N2O/c1-6(9)5-7(10)8-3-2-4-11-8/h3,5,10H,2,4,9H2,1H3. The van der Waals surface area contributed by atoms with E-state index in [0.29, 0.717) is 23.8 Å². The SMILES string of the molecule is CC(N)=CC(=N)C1=CCCO1. The summed E-state index contributed by atoms with van der Waals surface area (Å²) in [4.78, 5) is 0.